The topological polar surface area (TPSA) is 71.3 Å². The van der Waals surface area contributed by atoms with Gasteiger partial charge in [-0.1, -0.05) is 242 Å². The zero-order chi connectivity index (χ0) is 87.7. The Morgan fingerprint density at radius 3 is 0.823 bits per heavy atom. The first-order valence-electron chi connectivity index (χ1n) is 46.3. The average Bonchev–Trinajstić information content (AvgIpc) is 1.27. The van der Waals surface area contributed by atoms with Crippen LogP contribution in [0.1, 0.15) is 238 Å². The molecule has 0 amide bonds. The second-order valence-electron chi connectivity index (χ2n) is 36.7. The van der Waals surface area contributed by atoms with Crippen LogP contribution in [0.4, 0.5) is 0 Å². The summed E-state index contributed by atoms with van der Waals surface area (Å²) in [6.45, 7) is 31.7. The molecule has 4 aromatic heterocycles. The van der Waals surface area contributed by atoms with Gasteiger partial charge in [-0.25, -0.2) is 0 Å². The molecule has 2 saturated carbocycles. The van der Waals surface area contributed by atoms with E-state index in [4.69, 9.17) is 15.0 Å². The van der Waals surface area contributed by atoms with Gasteiger partial charge in [0.15, 0.2) is 0 Å². The first-order chi connectivity index (χ1) is 61.3. The molecule has 4 radical (unpaired) electrons. The van der Waals surface area contributed by atoms with Crippen molar-refractivity contribution in [2.45, 2.75) is 209 Å². The molecule has 0 bridgehead atoms. The molecule has 0 aliphatic heterocycles. The van der Waals surface area contributed by atoms with Gasteiger partial charge in [0.25, 0.3) is 0 Å². The summed E-state index contributed by atoms with van der Waals surface area (Å²) in [6.07, 6.45) is 31.4. The first-order valence-corrected chi connectivity index (χ1v) is 46.3. The monoisotopic (exact) mass is 2420 g/mol. The van der Waals surface area contributed by atoms with Gasteiger partial charge in [0.2, 0.25) is 0 Å². The maximum atomic E-state index is 4.85. The van der Waals surface area contributed by atoms with Gasteiger partial charge in [-0.15, -0.1) is 144 Å². The number of nitrogens with zero attached hydrogens (tertiary/aromatic N) is 8. The van der Waals surface area contributed by atoms with Gasteiger partial charge < -0.3 is 18.3 Å². The van der Waals surface area contributed by atoms with Gasteiger partial charge in [-0.2, -0.15) is 0 Å². The number of aryl methyl sites for hydroxylation is 2. The fourth-order valence-corrected chi connectivity index (χ4v) is 18.9. The SMILES string of the molecule is CC(C)Cc1cc(-c2ccccc2)cc(CC(C)C)c1-n1ccnc1-c1[c-]cccc1.CC(C)c1cc(-c2ccccc2)cc(C(C)C)c1-n1ccnc1-c1[c-]cccc1.Cc1cc(C)cc(-c2cc(C(C)C)c(-n3ccnc3-c3[c-]cccc3)c(C(C)C)c2)c1.[Ir].[Ir].[Ir].[Ir].[c-]1ccccc1-c1nccn1-c1c(C2CCCCC2)cc(-c2ccccc2)cc1C1CCCCC1. The van der Waals surface area contributed by atoms with Crippen molar-refractivity contribution in [3.05, 3.63) is 384 Å². The van der Waals surface area contributed by atoms with E-state index in [0.29, 0.717) is 47.3 Å². The van der Waals surface area contributed by atoms with Crippen molar-refractivity contribution in [1.82, 2.24) is 38.2 Å². The smallest absolute Gasteiger partial charge is 0.0602 e. The van der Waals surface area contributed by atoms with Gasteiger partial charge >= 0.3 is 0 Å². The number of aromatic nitrogens is 8. The molecule has 2 fully saturated rings. The Bertz CT molecular complexity index is 6050. The third-order valence-corrected chi connectivity index (χ3v) is 24.8. The van der Waals surface area contributed by atoms with Crippen LogP contribution in [0.3, 0.4) is 0 Å². The van der Waals surface area contributed by atoms with Gasteiger partial charge in [-0.05, 0) is 237 Å². The van der Waals surface area contributed by atoms with Crippen LogP contribution < -0.4 is 0 Å². The van der Waals surface area contributed by atoms with Crippen LogP contribution in [-0.4, -0.2) is 38.2 Å². The van der Waals surface area contributed by atoms with E-state index in [1.807, 2.05) is 91.5 Å². The van der Waals surface area contributed by atoms with E-state index in [1.54, 1.807) is 0 Å². The Labute approximate surface area is 829 Å². The maximum Gasteiger partial charge on any atom is 0.0602 e. The number of hydrogen-bond donors (Lipinski definition) is 0. The standard InChI is InChI=1S/C33H35N2.2C29H31N2.C27H27N2.4Ir/c1-5-13-25(14-6-1)29-23-30(26-15-7-2-8-16-26)32(31(24-29)27-17-9-3-10-18-27)35-22-21-34-33(35)28-19-11-4-12-20-28;1-19(2)26-17-25(24-15-21(5)14-22(6)16-24)18-27(20(3)4)28(26)31-13-12-30-29(31)23-10-8-7-9-11-23;1-21(2)17-26-19-25(23-11-7-5-8-12-23)20-27(18-22(3)4)28(26)31-16-15-30-29(31)24-13-9-6-10-14-24;1-19(2)24-17-23(21-11-7-5-8-12-21)18-25(20(3)4)26(24)29-16-15-28-27(29)22-13-9-6-10-14-22;;;;/h1,4-6,11-14,19,21-24,26-27H,2-3,7-10,15-18H2;7-10,12-20H,1-6H3;5-13,15-16,19-22H,17-18H2,1-4H3;5-13,15-20H,1-4H3;;;;/q4*-1;;;;. The molecule has 0 N–H and O–H groups in total. The Morgan fingerprint density at radius 1 is 0.277 bits per heavy atom. The number of imidazole rings is 4. The third kappa shape index (κ3) is 24.3. The Balaban J connectivity index is 0.000000166. The summed E-state index contributed by atoms with van der Waals surface area (Å²) in [5.74, 6) is 7.71. The summed E-state index contributed by atoms with van der Waals surface area (Å²) in [5, 5.41) is 0. The predicted octanol–water partition coefficient (Wildman–Crippen LogP) is 31.6. The van der Waals surface area contributed by atoms with Gasteiger partial charge in [-0.3, -0.25) is 19.9 Å². The molecule has 8 nitrogen and oxygen atoms in total. The van der Waals surface area contributed by atoms with Crippen LogP contribution in [0, 0.1) is 49.9 Å². The fraction of sp³-hybridized carbons (Fsp3) is 0.288. The summed E-state index contributed by atoms with van der Waals surface area (Å²) in [5.41, 5.74) is 33.4. The molecule has 16 aromatic rings. The molecule has 12 aromatic carbocycles. The van der Waals surface area contributed by atoms with Crippen LogP contribution >= 0.6 is 0 Å². The van der Waals surface area contributed by atoms with Crippen molar-refractivity contribution in [2.75, 3.05) is 0 Å². The minimum absolute atomic E-state index is 0. The molecule has 676 valence electrons. The average molecular weight is 2420 g/mol. The van der Waals surface area contributed by atoms with Gasteiger partial charge in [0, 0.05) is 153 Å². The summed E-state index contributed by atoms with van der Waals surface area (Å²) >= 11 is 0. The molecule has 2 aliphatic rings. The molecule has 0 saturated heterocycles. The summed E-state index contributed by atoms with van der Waals surface area (Å²) < 4.78 is 9.16. The second-order valence-corrected chi connectivity index (χ2v) is 36.7. The molecular weight excluding hydrogens is 2300 g/mol. The van der Waals surface area contributed by atoms with Crippen molar-refractivity contribution in [3.63, 3.8) is 0 Å². The maximum absolute atomic E-state index is 4.85. The van der Waals surface area contributed by atoms with Crippen molar-refractivity contribution in [2.24, 2.45) is 11.8 Å². The van der Waals surface area contributed by atoms with Crippen LogP contribution in [0.15, 0.2) is 304 Å². The van der Waals surface area contributed by atoms with Crippen LogP contribution in [0.2, 0.25) is 0 Å². The summed E-state index contributed by atoms with van der Waals surface area (Å²) in [6, 6.07) is 104. The third-order valence-electron chi connectivity index (χ3n) is 24.8. The minimum Gasteiger partial charge on any atom is -0.340 e. The van der Waals surface area contributed by atoms with E-state index in [1.165, 1.54) is 187 Å². The van der Waals surface area contributed by atoms with Crippen LogP contribution in [0.25, 0.3) is 113 Å². The van der Waals surface area contributed by atoms with Gasteiger partial charge in [0.05, 0.1) is 23.3 Å². The molecule has 18 rings (SSSR count). The van der Waals surface area contributed by atoms with Crippen molar-refractivity contribution in [3.8, 4) is 113 Å². The number of benzene rings is 12. The van der Waals surface area contributed by atoms with E-state index < -0.39 is 0 Å². The van der Waals surface area contributed by atoms with Crippen LogP contribution in [0.5, 0.6) is 0 Å². The molecule has 0 atom stereocenters. The molecule has 0 unspecified atom stereocenters. The van der Waals surface area contributed by atoms with Crippen molar-refractivity contribution < 1.29 is 80.4 Å². The van der Waals surface area contributed by atoms with E-state index in [9.17, 15) is 0 Å². The summed E-state index contributed by atoms with van der Waals surface area (Å²) in [7, 11) is 0. The summed E-state index contributed by atoms with van der Waals surface area (Å²) in [4.78, 5) is 18.9. The molecule has 2 aliphatic carbocycles. The molecule has 4 heterocycles. The van der Waals surface area contributed by atoms with E-state index in [-0.39, 0.29) is 80.4 Å². The van der Waals surface area contributed by atoms with Crippen molar-refractivity contribution >= 4 is 0 Å². The Morgan fingerprint density at radius 2 is 0.538 bits per heavy atom. The zero-order valence-corrected chi connectivity index (χ0v) is 87.5. The van der Waals surface area contributed by atoms with Crippen molar-refractivity contribution in [1.29, 1.82) is 0 Å². The number of hydrogen-bond acceptors (Lipinski definition) is 4. The Kier molecular flexibility index (Phi) is 37.1. The Hall–Kier alpha value is -9.92. The van der Waals surface area contributed by atoms with E-state index >= 15 is 0 Å². The van der Waals surface area contributed by atoms with E-state index in [2.05, 4.69) is 357 Å². The predicted molar refractivity (Wildman–Crippen MR) is 528 cm³/mol. The van der Waals surface area contributed by atoms with Gasteiger partial charge in [0.1, 0.15) is 0 Å². The fourth-order valence-electron chi connectivity index (χ4n) is 18.9. The minimum atomic E-state index is 0. The molecule has 12 heteroatoms. The van der Waals surface area contributed by atoms with E-state index in [0.717, 1.165) is 58.4 Å². The molecular formula is C118H124Ir4N8-4. The number of rotatable bonds is 22. The normalized spacial score (nSPS) is 12.7. The zero-order valence-electron chi connectivity index (χ0n) is 77.9. The van der Waals surface area contributed by atoms with Crippen LogP contribution in [-0.2, 0) is 93.3 Å². The quantitative estimate of drug-likeness (QED) is 0.0634. The second kappa shape index (κ2) is 47.9. The molecule has 130 heavy (non-hydrogen) atoms. The first kappa shape index (κ1) is 101. The molecule has 0 spiro atoms. The largest absolute Gasteiger partial charge is 0.340 e.